The molecule has 0 heterocycles. The van der Waals surface area contributed by atoms with Crippen molar-refractivity contribution in [2.24, 2.45) is 0 Å². The summed E-state index contributed by atoms with van der Waals surface area (Å²) in [5.41, 5.74) is 0.882. The number of aliphatic hydroxyl groups is 4. The fraction of sp³-hybridized carbons (Fsp3) is 0.333. The van der Waals surface area contributed by atoms with Crippen molar-refractivity contribution in [1.82, 2.24) is 0 Å². The Morgan fingerprint density at radius 2 is 1.69 bits per heavy atom. The van der Waals surface area contributed by atoms with Crippen LogP contribution in [0.25, 0.3) is 6.08 Å². The summed E-state index contributed by atoms with van der Waals surface area (Å²) in [6.45, 7) is -0.586. The standard InChI is InChI=1S/C12H16O4/c13-8-11(15)12(16)10(14)7-6-9-4-2-1-3-5-9/h1-7,10-16H,8H2/b7-6-/t10-,11+,12+/m0/s1. The zero-order chi connectivity index (χ0) is 12.0. The van der Waals surface area contributed by atoms with Crippen LogP contribution in [0.3, 0.4) is 0 Å². The minimum atomic E-state index is -1.38. The van der Waals surface area contributed by atoms with Gasteiger partial charge < -0.3 is 20.4 Å². The van der Waals surface area contributed by atoms with Gasteiger partial charge in [0.1, 0.15) is 18.3 Å². The van der Waals surface area contributed by atoms with E-state index in [1.165, 1.54) is 6.08 Å². The summed E-state index contributed by atoms with van der Waals surface area (Å²) in [4.78, 5) is 0. The second-order valence-corrected chi connectivity index (χ2v) is 3.50. The highest BCUT2D eigenvalue weighted by atomic mass is 16.4. The first kappa shape index (κ1) is 12.9. The van der Waals surface area contributed by atoms with E-state index in [2.05, 4.69) is 0 Å². The largest absolute Gasteiger partial charge is 0.394 e. The fourth-order valence-corrected chi connectivity index (χ4v) is 1.22. The van der Waals surface area contributed by atoms with Crippen molar-refractivity contribution < 1.29 is 20.4 Å². The predicted octanol–water partition coefficient (Wildman–Crippen LogP) is -0.225. The number of hydrogen-bond donors (Lipinski definition) is 4. The Hall–Kier alpha value is -1.20. The SMILES string of the molecule is OC[C@@H](O)[C@H](O)[C@@H](O)/C=C\c1ccccc1. The number of rotatable bonds is 5. The minimum Gasteiger partial charge on any atom is -0.394 e. The summed E-state index contributed by atoms with van der Waals surface area (Å²) in [7, 11) is 0. The summed E-state index contributed by atoms with van der Waals surface area (Å²) >= 11 is 0. The molecule has 0 bridgehead atoms. The van der Waals surface area contributed by atoms with E-state index in [1.807, 2.05) is 30.3 Å². The van der Waals surface area contributed by atoms with Crippen molar-refractivity contribution in [3.63, 3.8) is 0 Å². The monoisotopic (exact) mass is 224 g/mol. The molecule has 16 heavy (non-hydrogen) atoms. The van der Waals surface area contributed by atoms with Crippen molar-refractivity contribution in [3.05, 3.63) is 42.0 Å². The van der Waals surface area contributed by atoms with Gasteiger partial charge in [0, 0.05) is 0 Å². The molecule has 1 aromatic rings. The quantitative estimate of drug-likeness (QED) is 0.557. The van der Waals surface area contributed by atoms with E-state index in [0.29, 0.717) is 0 Å². The van der Waals surface area contributed by atoms with Gasteiger partial charge in [-0.3, -0.25) is 0 Å². The van der Waals surface area contributed by atoms with Crippen molar-refractivity contribution >= 4 is 6.08 Å². The number of aliphatic hydroxyl groups excluding tert-OH is 4. The summed E-state index contributed by atoms with van der Waals surface area (Å²) in [5, 5.41) is 36.5. The van der Waals surface area contributed by atoms with E-state index in [-0.39, 0.29) is 0 Å². The van der Waals surface area contributed by atoms with Gasteiger partial charge in [0.15, 0.2) is 0 Å². The van der Waals surface area contributed by atoms with Crippen molar-refractivity contribution in [3.8, 4) is 0 Å². The van der Waals surface area contributed by atoms with Gasteiger partial charge in [-0.15, -0.1) is 0 Å². The van der Waals surface area contributed by atoms with Crippen LogP contribution in [-0.4, -0.2) is 45.3 Å². The summed E-state index contributed by atoms with van der Waals surface area (Å²) < 4.78 is 0. The number of hydrogen-bond acceptors (Lipinski definition) is 4. The van der Waals surface area contributed by atoms with E-state index in [1.54, 1.807) is 6.08 Å². The topological polar surface area (TPSA) is 80.9 Å². The average molecular weight is 224 g/mol. The van der Waals surface area contributed by atoms with Crippen LogP contribution < -0.4 is 0 Å². The van der Waals surface area contributed by atoms with Crippen molar-refractivity contribution in [2.75, 3.05) is 6.61 Å². The maximum atomic E-state index is 9.47. The molecule has 1 rings (SSSR count). The summed E-state index contributed by atoms with van der Waals surface area (Å²) in [6, 6.07) is 9.27. The van der Waals surface area contributed by atoms with E-state index in [0.717, 1.165) is 5.56 Å². The van der Waals surface area contributed by atoms with Crippen LogP contribution in [0, 0.1) is 0 Å². The van der Waals surface area contributed by atoms with E-state index < -0.39 is 24.9 Å². The Bertz CT molecular complexity index is 323. The minimum absolute atomic E-state index is 0.586. The molecule has 0 amide bonds. The second-order valence-electron chi connectivity index (χ2n) is 3.50. The third-order valence-electron chi connectivity index (χ3n) is 2.22. The van der Waals surface area contributed by atoms with Crippen LogP contribution >= 0.6 is 0 Å². The molecular weight excluding hydrogens is 208 g/mol. The van der Waals surface area contributed by atoms with Crippen LogP contribution in [0.15, 0.2) is 36.4 Å². The van der Waals surface area contributed by atoms with Gasteiger partial charge in [-0.2, -0.15) is 0 Å². The molecule has 0 saturated heterocycles. The van der Waals surface area contributed by atoms with Gasteiger partial charge in [0.05, 0.1) is 6.61 Å². The maximum Gasteiger partial charge on any atom is 0.112 e. The molecule has 0 unspecified atom stereocenters. The third-order valence-corrected chi connectivity index (χ3v) is 2.22. The van der Waals surface area contributed by atoms with Gasteiger partial charge in [0.2, 0.25) is 0 Å². The molecule has 0 aliphatic carbocycles. The molecule has 1 aromatic carbocycles. The Labute approximate surface area is 94.1 Å². The molecular formula is C12H16O4. The van der Waals surface area contributed by atoms with Crippen molar-refractivity contribution in [2.45, 2.75) is 18.3 Å². The summed E-state index contributed by atoms with van der Waals surface area (Å²) in [6.07, 6.45) is -0.917. The van der Waals surface area contributed by atoms with Gasteiger partial charge in [0.25, 0.3) is 0 Å². The van der Waals surface area contributed by atoms with E-state index >= 15 is 0 Å². The van der Waals surface area contributed by atoms with E-state index in [4.69, 9.17) is 10.2 Å². The smallest absolute Gasteiger partial charge is 0.112 e. The molecule has 0 radical (unpaired) electrons. The molecule has 3 atom stereocenters. The molecule has 0 aliphatic rings. The lowest BCUT2D eigenvalue weighted by atomic mass is 10.1. The molecule has 4 heteroatoms. The highest BCUT2D eigenvalue weighted by molar-refractivity contribution is 5.49. The third kappa shape index (κ3) is 3.75. The molecule has 0 saturated carbocycles. The maximum absolute atomic E-state index is 9.47. The van der Waals surface area contributed by atoms with Crippen LogP contribution in [0.5, 0.6) is 0 Å². The van der Waals surface area contributed by atoms with Crippen LogP contribution in [0.4, 0.5) is 0 Å². The number of benzene rings is 1. The van der Waals surface area contributed by atoms with Crippen LogP contribution in [0.2, 0.25) is 0 Å². The molecule has 0 spiro atoms. The lowest BCUT2D eigenvalue weighted by Crippen LogP contribution is -2.38. The Balaban J connectivity index is 2.57. The second kappa shape index (κ2) is 6.40. The first-order valence-corrected chi connectivity index (χ1v) is 5.03. The predicted molar refractivity (Wildman–Crippen MR) is 60.6 cm³/mol. The molecule has 0 aliphatic heterocycles. The first-order chi connectivity index (χ1) is 7.65. The Morgan fingerprint density at radius 3 is 2.25 bits per heavy atom. The highest BCUT2D eigenvalue weighted by Crippen LogP contribution is 2.06. The molecule has 4 N–H and O–H groups in total. The van der Waals surface area contributed by atoms with Crippen LogP contribution in [-0.2, 0) is 0 Å². The van der Waals surface area contributed by atoms with E-state index in [9.17, 15) is 10.2 Å². The molecule has 4 nitrogen and oxygen atoms in total. The summed E-state index contributed by atoms with van der Waals surface area (Å²) in [5.74, 6) is 0. The first-order valence-electron chi connectivity index (χ1n) is 5.03. The highest BCUT2D eigenvalue weighted by Gasteiger charge is 2.21. The Kier molecular flexibility index (Phi) is 5.14. The lowest BCUT2D eigenvalue weighted by molar-refractivity contribution is -0.0608. The fourth-order valence-electron chi connectivity index (χ4n) is 1.22. The normalized spacial score (nSPS) is 17.2. The van der Waals surface area contributed by atoms with Gasteiger partial charge in [-0.1, -0.05) is 42.5 Å². The molecule has 0 aromatic heterocycles. The zero-order valence-corrected chi connectivity index (χ0v) is 8.77. The van der Waals surface area contributed by atoms with Gasteiger partial charge >= 0.3 is 0 Å². The van der Waals surface area contributed by atoms with Gasteiger partial charge in [-0.25, -0.2) is 0 Å². The lowest BCUT2D eigenvalue weighted by Gasteiger charge is -2.18. The average Bonchev–Trinajstić information content (AvgIpc) is 2.35. The zero-order valence-electron chi connectivity index (χ0n) is 8.77. The van der Waals surface area contributed by atoms with Crippen LogP contribution in [0.1, 0.15) is 5.56 Å². The Morgan fingerprint density at radius 1 is 1.06 bits per heavy atom. The molecule has 88 valence electrons. The van der Waals surface area contributed by atoms with Crippen molar-refractivity contribution in [1.29, 1.82) is 0 Å². The molecule has 0 fully saturated rings. The van der Waals surface area contributed by atoms with Gasteiger partial charge in [-0.05, 0) is 5.56 Å².